The summed E-state index contributed by atoms with van der Waals surface area (Å²) in [6.45, 7) is -0.0711. The molecule has 0 spiro atoms. The van der Waals surface area contributed by atoms with E-state index in [2.05, 4.69) is 15.3 Å². The summed E-state index contributed by atoms with van der Waals surface area (Å²) in [7, 11) is 0. The first-order valence-corrected chi connectivity index (χ1v) is 8.00. The van der Waals surface area contributed by atoms with E-state index in [0.717, 1.165) is 4.57 Å². The maximum atomic E-state index is 13.2. The number of benzene rings is 1. The second-order valence-corrected chi connectivity index (χ2v) is 5.75. The number of imidazole rings is 1. The van der Waals surface area contributed by atoms with E-state index in [4.69, 9.17) is 9.47 Å². The van der Waals surface area contributed by atoms with Crippen molar-refractivity contribution in [3.63, 3.8) is 0 Å². The number of rotatable bonds is 4. The molecule has 0 saturated heterocycles. The van der Waals surface area contributed by atoms with Crippen LogP contribution in [-0.4, -0.2) is 33.8 Å². The van der Waals surface area contributed by atoms with E-state index in [1.165, 1.54) is 24.4 Å². The topological polar surface area (TPSA) is 78.3 Å². The minimum absolute atomic E-state index is 0.0294. The zero-order chi connectivity index (χ0) is 19.0. The van der Waals surface area contributed by atoms with Gasteiger partial charge in [-0.15, -0.1) is 0 Å². The van der Waals surface area contributed by atoms with Crippen molar-refractivity contribution in [1.29, 1.82) is 0 Å². The molecule has 0 atom stereocenters. The highest BCUT2D eigenvalue weighted by atomic mass is 19.4. The van der Waals surface area contributed by atoms with E-state index < -0.39 is 17.9 Å². The number of pyridine rings is 1. The highest BCUT2D eigenvalue weighted by Gasteiger charge is 2.37. The summed E-state index contributed by atoms with van der Waals surface area (Å²) in [5, 5.41) is 2.59. The maximum Gasteiger partial charge on any atom is 0.449 e. The van der Waals surface area contributed by atoms with Gasteiger partial charge in [-0.25, -0.2) is 9.97 Å². The molecule has 7 nitrogen and oxygen atoms in total. The Hall–Kier alpha value is -3.30. The van der Waals surface area contributed by atoms with Crippen molar-refractivity contribution in [2.75, 3.05) is 13.3 Å². The average Bonchev–Trinajstić information content (AvgIpc) is 3.25. The zero-order valence-electron chi connectivity index (χ0n) is 13.8. The van der Waals surface area contributed by atoms with Gasteiger partial charge in [0.15, 0.2) is 17.1 Å². The quantitative estimate of drug-likeness (QED) is 0.755. The van der Waals surface area contributed by atoms with Gasteiger partial charge in [-0.1, -0.05) is 0 Å². The number of hydrogen-bond donors (Lipinski definition) is 1. The van der Waals surface area contributed by atoms with Gasteiger partial charge in [0.05, 0.1) is 0 Å². The number of fused-ring (bicyclic) bond motifs is 2. The summed E-state index contributed by atoms with van der Waals surface area (Å²) < 4.78 is 51.1. The molecule has 0 radical (unpaired) electrons. The molecule has 0 bridgehead atoms. The van der Waals surface area contributed by atoms with Gasteiger partial charge in [-0.3, -0.25) is 4.79 Å². The van der Waals surface area contributed by atoms with Crippen molar-refractivity contribution < 1.29 is 27.4 Å². The molecular weight excluding hydrogens is 365 g/mol. The van der Waals surface area contributed by atoms with Gasteiger partial charge in [0.25, 0.3) is 5.91 Å². The van der Waals surface area contributed by atoms with Gasteiger partial charge in [-0.05, 0) is 30.3 Å². The summed E-state index contributed by atoms with van der Waals surface area (Å²) in [6, 6.07) is 7.65. The van der Waals surface area contributed by atoms with Crippen LogP contribution in [0.3, 0.4) is 0 Å². The highest BCUT2D eigenvalue weighted by molar-refractivity contribution is 5.94. The van der Waals surface area contributed by atoms with E-state index in [-0.39, 0.29) is 31.0 Å². The minimum atomic E-state index is -4.62. The molecular formula is C17H13F3N4O3. The Bertz CT molecular complexity index is 1020. The van der Waals surface area contributed by atoms with E-state index in [1.54, 1.807) is 12.1 Å². The fraction of sp³-hybridized carbons (Fsp3) is 0.235. The molecule has 1 amide bonds. The predicted octanol–water partition coefficient (Wildman–Crippen LogP) is 2.61. The smallest absolute Gasteiger partial charge is 0.449 e. The third-order valence-corrected chi connectivity index (χ3v) is 4.01. The predicted molar refractivity (Wildman–Crippen MR) is 87.4 cm³/mol. The van der Waals surface area contributed by atoms with Crippen LogP contribution in [0.25, 0.3) is 11.2 Å². The minimum Gasteiger partial charge on any atom is -0.454 e. The molecule has 0 unspecified atom stereocenters. The lowest BCUT2D eigenvalue weighted by Crippen LogP contribution is -2.28. The van der Waals surface area contributed by atoms with Gasteiger partial charge in [0.2, 0.25) is 12.6 Å². The lowest BCUT2D eigenvalue weighted by Gasteiger charge is -2.11. The average molecular weight is 378 g/mol. The number of nitrogens with one attached hydrogen (secondary N) is 1. The summed E-state index contributed by atoms with van der Waals surface area (Å²) in [5.74, 6) is -0.489. The number of hydrogen-bond acceptors (Lipinski definition) is 5. The molecule has 0 aliphatic carbocycles. The van der Waals surface area contributed by atoms with Crippen molar-refractivity contribution in [3.05, 3.63) is 47.9 Å². The van der Waals surface area contributed by atoms with Crippen molar-refractivity contribution in [1.82, 2.24) is 19.9 Å². The fourth-order valence-electron chi connectivity index (χ4n) is 2.81. The second kappa shape index (κ2) is 6.45. The summed E-state index contributed by atoms with van der Waals surface area (Å²) >= 11 is 0. The number of carbonyl (C=O) groups excluding carboxylic acids is 1. The Balaban J connectivity index is 1.50. The highest BCUT2D eigenvalue weighted by Crippen LogP contribution is 2.32. The lowest BCUT2D eigenvalue weighted by molar-refractivity contribution is -0.146. The van der Waals surface area contributed by atoms with Gasteiger partial charge < -0.3 is 19.4 Å². The van der Waals surface area contributed by atoms with Crippen LogP contribution in [0.2, 0.25) is 0 Å². The Morgan fingerprint density at radius 1 is 1.22 bits per heavy atom. The maximum absolute atomic E-state index is 13.2. The van der Waals surface area contributed by atoms with Crippen LogP contribution in [0.4, 0.5) is 13.2 Å². The van der Waals surface area contributed by atoms with Crippen LogP contribution in [0, 0.1) is 0 Å². The van der Waals surface area contributed by atoms with Crippen molar-refractivity contribution >= 4 is 17.1 Å². The lowest BCUT2D eigenvalue weighted by atomic mass is 10.2. The Kier molecular flexibility index (Phi) is 4.09. The Morgan fingerprint density at radius 3 is 2.85 bits per heavy atom. The molecule has 1 N–H and O–H groups in total. The molecule has 2 aromatic heterocycles. The Morgan fingerprint density at radius 2 is 2.04 bits per heavy atom. The van der Waals surface area contributed by atoms with Gasteiger partial charge >= 0.3 is 6.18 Å². The van der Waals surface area contributed by atoms with Crippen LogP contribution in [0.5, 0.6) is 11.5 Å². The monoisotopic (exact) mass is 378 g/mol. The first-order valence-electron chi connectivity index (χ1n) is 8.00. The molecule has 140 valence electrons. The molecule has 27 heavy (non-hydrogen) atoms. The normalized spacial score (nSPS) is 13.1. The number of carbonyl (C=O) groups is 1. The van der Waals surface area contributed by atoms with Gasteiger partial charge in [-0.2, -0.15) is 13.2 Å². The molecule has 0 saturated carbocycles. The van der Waals surface area contributed by atoms with Crippen molar-refractivity contribution in [2.24, 2.45) is 0 Å². The van der Waals surface area contributed by atoms with E-state index >= 15 is 0 Å². The third kappa shape index (κ3) is 3.25. The summed E-state index contributed by atoms with van der Waals surface area (Å²) in [6.07, 6.45) is -3.23. The first-order chi connectivity index (χ1) is 12.9. The summed E-state index contributed by atoms with van der Waals surface area (Å²) in [4.78, 5) is 19.8. The van der Waals surface area contributed by atoms with E-state index in [0.29, 0.717) is 17.1 Å². The number of aromatic nitrogens is 3. The second-order valence-electron chi connectivity index (χ2n) is 5.75. The molecule has 1 aliphatic heterocycles. The molecule has 3 heterocycles. The SMILES string of the molecule is O=C(NCCn1c(C(F)(F)F)nc2cccnc21)c1ccc2c(c1)OCO2. The number of halogens is 3. The molecule has 4 rings (SSSR count). The number of alkyl halides is 3. The molecule has 0 fully saturated rings. The molecule has 1 aliphatic rings. The number of nitrogens with zero attached hydrogens (tertiary/aromatic N) is 3. The third-order valence-electron chi connectivity index (χ3n) is 4.01. The number of ether oxygens (including phenoxy) is 2. The summed E-state index contributed by atoms with van der Waals surface area (Å²) in [5.41, 5.74) is 0.581. The largest absolute Gasteiger partial charge is 0.454 e. The number of amides is 1. The van der Waals surface area contributed by atoms with Gasteiger partial charge in [0, 0.05) is 24.8 Å². The molecule has 3 aromatic rings. The van der Waals surface area contributed by atoms with Crippen LogP contribution in [0.15, 0.2) is 36.5 Å². The molecule has 1 aromatic carbocycles. The Labute approximate surface area is 150 Å². The van der Waals surface area contributed by atoms with E-state index in [1.807, 2.05) is 0 Å². The fourth-order valence-corrected chi connectivity index (χ4v) is 2.81. The molecule has 10 heteroatoms. The van der Waals surface area contributed by atoms with Crippen LogP contribution >= 0.6 is 0 Å². The van der Waals surface area contributed by atoms with Gasteiger partial charge in [0.1, 0.15) is 5.52 Å². The zero-order valence-corrected chi connectivity index (χ0v) is 13.8. The van der Waals surface area contributed by atoms with Crippen molar-refractivity contribution in [2.45, 2.75) is 12.7 Å². The van der Waals surface area contributed by atoms with Crippen LogP contribution in [0.1, 0.15) is 16.2 Å². The van der Waals surface area contributed by atoms with Crippen LogP contribution < -0.4 is 14.8 Å². The van der Waals surface area contributed by atoms with Crippen LogP contribution in [-0.2, 0) is 12.7 Å². The van der Waals surface area contributed by atoms with Crippen molar-refractivity contribution in [3.8, 4) is 11.5 Å². The van der Waals surface area contributed by atoms with E-state index in [9.17, 15) is 18.0 Å². The first kappa shape index (κ1) is 17.1. The standard InChI is InChI=1S/C17H13F3N4O3/c18-17(19,20)16-23-11-2-1-5-21-14(11)24(16)7-6-22-15(25)10-3-4-12-13(8-10)27-9-26-12/h1-5,8H,6-7,9H2,(H,22,25).